The molecule has 0 saturated carbocycles. The maximum Gasteiger partial charge on any atom is 0.231 e. The zero-order valence-corrected chi connectivity index (χ0v) is 11.6. The lowest BCUT2D eigenvalue weighted by molar-refractivity contribution is -0.120. The average molecular weight is 272 g/mol. The van der Waals surface area contributed by atoms with E-state index in [2.05, 4.69) is 4.90 Å². The van der Waals surface area contributed by atoms with Crippen LogP contribution in [-0.2, 0) is 9.53 Å². The fraction of sp³-hybridized carbons (Fsp3) is 0.562. The Hall–Kier alpha value is -1.39. The molecule has 3 aliphatic rings. The summed E-state index contributed by atoms with van der Waals surface area (Å²) in [5, 5.41) is 0. The Morgan fingerprint density at radius 2 is 1.95 bits per heavy atom. The third-order valence-electron chi connectivity index (χ3n) is 4.96. The molecule has 3 aliphatic heterocycles. The van der Waals surface area contributed by atoms with E-state index in [0.29, 0.717) is 17.9 Å². The van der Waals surface area contributed by atoms with Crippen LogP contribution in [0.2, 0.25) is 0 Å². The SMILES string of the molecule is O=C1[C@H]2CN(C3CCOC3)C[C@H]2CN1c1ccccc1. The average Bonchev–Trinajstić information content (AvgIpc) is 3.17. The van der Waals surface area contributed by atoms with Crippen LogP contribution in [0.5, 0.6) is 0 Å². The lowest BCUT2D eigenvalue weighted by atomic mass is 10.0. The highest BCUT2D eigenvalue weighted by atomic mass is 16.5. The van der Waals surface area contributed by atoms with E-state index in [1.807, 2.05) is 35.2 Å². The Morgan fingerprint density at radius 1 is 1.10 bits per heavy atom. The molecule has 3 fully saturated rings. The van der Waals surface area contributed by atoms with Gasteiger partial charge in [-0.2, -0.15) is 0 Å². The van der Waals surface area contributed by atoms with Crippen LogP contribution in [0.25, 0.3) is 0 Å². The summed E-state index contributed by atoms with van der Waals surface area (Å²) in [6.45, 7) is 4.56. The molecule has 0 aromatic heterocycles. The second-order valence-corrected chi connectivity index (χ2v) is 6.12. The first-order valence-electron chi connectivity index (χ1n) is 7.51. The summed E-state index contributed by atoms with van der Waals surface area (Å²) >= 11 is 0. The first-order chi connectivity index (χ1) is 9.83. The number of fused-ring (bicyclic) bond motifs is 1. The number of nitrogens with zero attached hydrogens (tertiary/aromatic N) is 2. The van der Waals surface area contributed by atoms with Crippen LogP contribution in [-0.4, -0.2) is 49.7 Å². The van der Waals surface area contributed by atoms with Gasteiger partial charge in [0.15, 0.2) is 0 Å². The molecule has 4 rings (SSSR count). The highest BCUT2D eigenvalue weighted by molar-refractivity contribution is 5.98. The van der Waals surface area contributed by atoms with Crippen molar-refractivity contribution in [3.8, 4) is 0 Å². The molecule has 20 heavy (non-hydrogen) atoms. The second-order valence-electron chi connectivity index (χ2n) is 6.12. The topological polar surface area (TPSA) is 32.8 Å². The molecular formula is C16H20N2O2. The molecule has 0 N–H and O–H groups in total. The van der Waals surface area contributed by atoms with Crippen LogP contribution in [0.1, 0.15) is 6.42 Å². The number of anilines is 1. The van der Waals surface area contributed by atoms with Gasteiger partial charge in [0.2, 0.25) is 5.91 Å². The molecule has 0 bridgehead atoms. The van der Waals surface area contributed by atoms with Crippen molar-refractivity contribution in [3.05, 3.63) is 30.3 Å². The van der Waals surface area contributed by atoms with Crippen molar-refractivity contribution in [3.63, 3.8) is 0 Å². The highest BCUT2D eigenvalue weighted by Gasteiger charge is 2.48. The minimum Gasteiger partial charge on any atom is -0.380 e. The van der Waals surface area contributed by atoms with Gasteiger partial charge in [-0.25, -0.2) is 0 Å². The molecule has 106 valence electrons. The first kappa shape index (κ1) is 12.4. The van der Waals surface area contributed by atoms with E-state index < -0.39 is 0 Å². The lowest BCUT2D eigenvalue weighted by Crippen LogP contribution is -2.38. The van der Waals surface area contributed by atoms with Gasteiger partial charge in [0, 0.05) is 43.9 Å². The van der Waals surface area contributed by atoms with E-state index in [9.17, 15) is 4.79 Å². The van der Waals surface area contributed by atoms with E-state index in [-0.39, 0.29) is 5.92 Å². The van der Waals surface area contributed by atoms with Gasteiger partial charge in [-0.05, 0) is 18.6 Å². The first-order valence-corrected chi connectivity index (χ1v) is 7.51. The van der Waals surface area contributed by atoms with Crippen molar-refractivity contribution in [2.45, 2.75) is 12.5 Å². The number of carbonyl (C=O) groups excluding carboxylic acids is 1. The number of benzene rings is 1. The molecule has 1 amide bonds. The predicted octanol–water partition coefficient (Wildman–Crippen LogP) is 1.37. The predicted molar refractivity (Wildman–Crippen MR) is 76.6 cm³/mol. The van der Waals surface area contributed by atoms with Crippen molar-refractivity contribution in [2.24, 2.45) is 11.8 Å². The summed E-state index contributed by atoms with van der Waals surface area (Å²) < 4.78 is 5.47. The zero-order chi connectivity index (χ0) is 13.5. The van der Waals surface area contributed by atoms with Crippen LogP contribution in [0.15, 0.2) is 30.3 Å². The van der Waals surface area contributed by atoms with Gasteiger partial charge in [0.05, 0.1) is 12.5 Å². The monoisotopic (exact) mass is 272 g/mol. The number of carbonyl (C=O) groups is 1. The standard InChI is InChI=1S/C16H20N2O2/c19-16-15-10-17(14-6-7-20-11-14)8-12(15)9-18(16)13-4-2-1-3-5-13/h1-5,12,14-15H,6-11H2/t12-,14?,15-/m0/s1. The minimum atomic E-state index is 0.191. The summed E-state index contributed by atoms with van der Waals surface area (Å²) in [4.78, 5) is 17.1. The molecule has 1 aromatic rings. The number of hydrogen-bond donors (Lipinski definition) is 0. The summed E-state index contributed by atoms with van der Waals surface area (Å²) in [6.07, 6.45) is 1.12. The maximum absolute atomic E-state index is 12.6. The fourth-order valence-electron chi connectivity index (χ4n) is 3.84. The number of rotatable bonds is 2. The van der Waals surface area contributed by atoms with Gasteiger partial charge in [0.25, 0.3) is 0 Å². The van der Waals surface area contributed by atoms with Crippen LogP contribution in [0, 0.1) is 11.8 Å². The third-order valence-corrected chi connectivity index (χ3v) is 4.96. The number of amides is 1. The third kappa shape index (κ3) is 1.95. The Labute approximate surface area is 119 Å². The van der Waals surface area contributed by atoms with E-state index in [1.54, 1.807) is 0 Å². The molecule has 3 heterocycles. The number of hydrogen-bond acceptors (Lipinski definition) is 3. The molecule has 1 aromatic carbocycles. The largest absolute Gasteiger partial charge is 0.380 e. The summed E-state index contributed by atoms with van der Waals surface area (Å²) in [7, 11) is 0. The molecule has 4 heteroatoms. The Bertz CT molecular complexity index is 498. The van der Waals surface area contributed by atoms with Gasteiger partial charge in [-0.15, -0.1) is 0 Å². The fourth-order valence-corrected chi connectivity index (χ4v) is 3.84. The summed E-state index contributed by atoms with van der Waals surface area (Å²) in [5.74, 6) is 0.988. The maximum atomic E-state index is 12.6. The molecule has 1 unspecified atom stereocenters. The van der Waals surface area contributed by atoms with Crippen molar-refractivity contribution in [1.29, 1.82) is 0 Å². The molecular weight excluding hydrogens is 252 g/mol. The van der Waals surface area contributed by atoms with Crippen molar-refractivity contribution >= 4 is 11.6 Å². The minimum absolute atomic E-state index is 0.191. The van der Waals surface area contributed by atoms with Crippen LogP contribution in [0.3, 0.4) is 0 Å². The van der Waals surface area contributed by atoms with Crippen molar-refractivity contribution in [1.82, 2.24) is 4.90 Å². The number of ether oxygens (including phenoxy) is 1. The second kappa shape index (κ2) is 4.86. The van der Waals surface area contributed by atoms with Gasteiger partial charge in [-0.1, -0.05) is 18.2 Å². The summed E-state index contributed by atoms with van der Waals surface area (Å²) in [6, 6.07) is 10.6. The van der Waals surface area contributed by atoms with Crippen molar-refractivity contribution < 1.29 is 9.53 Å². The van der Waals surface area contributed by atoms with E-state index in [1.165, 1.54) is 0 Å². The molecule has 0 radical (unpaired) electrons. The Kier molecular flexibility index (Phi) is 3.00. The van der Waals surface area contributed by atoms with Gasteiger partial charge in [0.1, 0.15) is 0 Å². The van der Waals surface area contributed by atoms with Crippen LogP contribution < -0.4 is 4.90 Å². The molecule has 3 atom stereocenters. The quantitative estimate of drug-likeness (QED) is 0.815. The lowest BCUT2D eigenvalue weighted by Gasteiger charge is -2.25. The van der Waals surface area contributed by atoms with E-state index >= 15 is 0 Å². The molecule has 0 aliphatic carbocycles. The Balaban J connectivity index is 1.48. The van der Waals surface area contributed by atoms with Crippen LogP contribution >= 0.6 is 0 Å². The zero-order valence-electron chi connectivity index (χ0n) is 11.6. The summed E-state index contributed by atoms with van der Waals surface area (Å²) in [5.41, 5.74) is 1.04. The number of para-hydroxylation sites is 1. The Morgan fingerprint density at radius 3 is 2.65 bits per heavy atom. The van der Waals surface area contributed by atoms with Gasteiger partial charge in [-0.3, -0.25) is 9.69 Å². The van der Waals surface area contributed by atoms with Crippen molar-refractivity contribution in [2.75, 3.05) is 37.7 Å². The van der Waals surface area contributed by atoms with E-state index in [0.717, 1.165) is 45.0 Å². The number of likely N-dealkylation sites (tertiary alicyclic amines) is 1. The molecule has 0 spiro atoms. The molecule has 4 nitrogen and oxygen atoms in total. The smallest absolute Gasteiger partial charge is 0.231 e. The normalized spacial score (nSPS) is 33.9. The molecule has 3 saturated heterocycles. The van der Waals surface area contributed by atoms with E-state index in [4.69, 9.17) is 4.74 Å². The van der Waals surface area contributed by atoms with Crippen LogP contribution in [0.4, 0.5) is 5.69 Å². The van der Waals surface area contributed by atoms with Gasteiger partial charge < -0.3 is 9.64 Å². The highest BCUT2D eigenvalue weighted by Crippen LogP contribution is 2.36. The van der Waals surface area contributed by atoms with Gasteiger partial charge >= 0.3 is 0 Å².